The maximum Gasteiger partial charge on any atom is 0.185 e. The molecule has 0 aromatic heterocycles. The van der Waals surface area contributed by atoms with Crippen LogP contribution in [0.2, 0.25) is 0 Å². The van der Waals surface area contributed by atoms with Gasteiger partial charge in [0.15, 0.2) is 5.78 Å². The van der Waals surface area contributed by atoms with Crippen LogP contribution in [0, 0.1) is 5.82 Å². The van der Waals surface area contributed by atoms with Gasteiger partial charge in [-0.3, -0.25) is 4.79 Å². The summed E-state index contributed by atoms with van der Waals surface area (Å²) >= 11 is 0. The van der Waals surface area contributed by atoms with Crippen LogP contribution in [0.5, 0.6) is 0 Å². The van der Waals surface area contributed by atoms with E-state index < -0.39 is 0 Å². The predicted molar refractivity (Wildman–Crippen MR) is 121 cm³/mol. The summed E-state index contributed by atoms with van der Waals surface area (Å²) < 4.78 is 18.7. The van der Waals surface area contributed by atoms with Crippen LogP contribution < -0.4 is 0 Å². The largest absolute Gasteiger partial charge is 0.376 e. The fraction of sp³-hybridized carbons (Fsp3) is 0.148. The Hall–Kier alpha value is -3.30. The molecular weight excluding hydrogens is 375 g/mol. The Morgan fingerprint density at radius 3 is 2.13 bits per heavy atom. The summed E-state index contributed by atoms with van der Waals surface area (Å²) in [5.41, 5.74) is 5.93. The Balaban J connectivity index is 1.44. The molecule has 2 nitrogen and oxygen atoms in total. The normalized spacial score (nSPS) is 11.0. The molecule has 0 unspecified atom stereocenters. The zero-order valence-corrected chi connectivity index (χ0v) is 17.1. The zero-order valence-electron chi connectivity index (χ0n) is 17.1. The van der Waals surface area contributed by atoms with Crippen molar-refractivity contribution in [1.82, 2.24) is 0 Å². The number of benzene rings is 3. The van der Waals surface area contributed by atoms with Gasteiger partial charge in [0.05, 0.1) is 13.2 Å². The molecule has 152 valence electrons. The molecule has 0 radical (unpaired) electrons. The van der Waals surface area contributed by atoms with Gasteiger partial charge in [-0.25, -0.2) is 4.39 Å². The highest BCUT2D eigenvalue weighted by Crippen LogP contribution is 2.13. The highest BCUT2D eigenvalue weighted by atomic mass is 19.1. The van der Waals surface area contributed by atoms with Crippen molar-refractivity contribution in [2.24, 2.45) is 0 Å². The van der Waals surface area contributed by atoms with Crippen molar-refractivity contribution in [3.05, 3.63) is 119 Å². The summed E-state index contributed by atoms with van der Waals surface area (Å²) in [5, 5.41) is 0. The molecule has 0 bridgehead atoms. The lowest BCUT2D eigenvalue weighted by Crippen LogP contribution is -1.99. The monoisotopic (exact) mass is 400 g/mol. The zero-order chi connectivity index (χ0) is 21.3. The van der Waals surface area contributed by atoms with Crippen LogP contribution in [0.15, 0.2) is 85.5 Å². The van der Waals surface area contributed by atoms with E-state index in [2.05, 4.69) is 30.8 Å². The molecule has 0 atom stereocenters. The number of ketones is 1. The van der Waals surface area contributed by atoms with E-state index in [1.165, 1.54) is 35.9 Å². The number of carbonyl (C=O) groups excluding carboxylic acids is 1. The number of hydrogen-bond donors (Lipinski definition) is 0. The molecule has 0 saturated heterocycles. The molecule has 30 heavy (non-hydrogen) atoms. The number of rotatable bonds is 9. The van der Waals surface area contributed by atoms with E-state index in [1.54, 1.807) is 6.08 Å². The van der Waals surface area contributed by atoms with Crippen molar-refractivity contribution >= 4 is 17.4 Å². The first kappa shape index (κ1) is 21.4. The van der Waals surface area contributed by atoms with Gasteiger partial charge in [0.25, 0.3) is 0 Å². The van der Waals surface area contributed by atoms with Crippen LogP contribution in [-0.4, -0.2) is 12.4 Å². The van der Waals surface area contributed by atoms with Crippen molar-refractivity contribution in [2.75, 3.05) is 6.61 Å². The smallest absolute Gasteiger partial charge is 0.185 e. The minimum atomic E-state index is -0.351. The second-order valence-corrected chi connectivity index (χ2v) is 7.23. The molecule has 3 rings (SSSR count). The van der Waals surface area contributed by atoms with Crippen LogP contribution in [0.1, 0.15) is 39.5 Å². The van der Waals surface area contributed by atoms with Crippen LogP contribution in [0.4, 0.5) is 4.39 Å². The lowest BCUT2D eigenvalue weighted by Gasteiger charge is -2.06. The van der Waals surface area contributed by atoms with Crippen LogP contribution >= 0.6 is 0 Å². The molecule has 0 saturated carbocycles. The van der Waals surface area contributed by atoms with E-state index >= 15 is 0 Å². The van der Waals surface area contributed by atoms with Gasteiger partial charge in [0.1, 0.15) is 5.82 Å². The van der Waals surface area contributed by atoms with Crippen LogP contribution in [0.3, 0.4) is 0 Å². The van der Waals surface area contributed by atoms with Gasteiger partial charge in [0.2, 0.25) is 0 Å². The number of ether oxygens (including phenoxy) is 1. The molecule has 0 N–H and O–H groups in total. The molecule has 0 aliphatic heterocycles. The lowest BCUT2D eigenvalue weighted by molar-refractivity contribution is 0.104. The molecule has 3 aromatic carbocycles. The molecular formula is C27H25FO2. The van der Waals surface area contributed by atoms with Gasteiger partial charge in [-0.05, 0) is 65.9 Å². The third kappa shape index (κ3) is 6.36. The quantitative estimate of drug-likeness (QED) is 0.232. The molecule has 0 fully saturated rings. The lowest BCUT2D eigenvalue weighted by atomic mass is 10.1. The summed E-state index contributed by atoms with van der Waals surface area (Å²) in [6.07, 6.45) is 4.09. The van der Waals surface area contributed by atoms with Crippen LogP contribution in [0.25, 0.3) is 11.6 Å². The third-order valence-corrected chi connectivity index (χ3v) is 4.79. The molecule has 3 heteroatoms. The van der Waals surface area contributed by atoms with Crippen molar-refractivity contribution in [2.45, 2.75) is 20.0 Å². The number of carbonyl (C=O) groups is 1. The van der Waals surface area contributed by atoms with E-state index in [-0.39, 0.29) is 11.6 Å². The second-order valence-electron chi connectivity index (χ2n) is 7.23. The Kier molecular flexibility index (Phi) is 7.47. The van der Waals surface area contributed by atoms with Gasteiger partial charge in [-0.15, -0.1) is 0 Å². The average Bonchev–Trinajstić information content (AvgIpc) is 2.76. The van der Waals surface area contributed by atoms with Crippen LogP contribution in [-0.2, 0) is 17.8 Å². The Morgan fingerprint density at radius 2 is 1.50 bits per heavy atom. The number of halogens is 1. The summed E-state index contributed by atoms with van der Waals surface area (Å²) in [7, 11) is 0. The average molecular weight is 400 g/mol. The van der Waals surface area contributed by atoms with Gasteiger partial charge in [0, 0.05) is 5.56 Å². The molecule has 0 spiro atoms. The molecule has 0 heterocycles. The molecule has 0 amide bonds. The molecule has 0 aliphatic carbocycles. The van der Waals surface area contributed by atoms with E-state index in [9.17, 15) is 9.18 Å². The highest BCUT2D eigenvalue weighted by Gasteiger charge is 2.02. The number of allylic oxidation sites excluding steroid dienone is 2. The van der Waals surface area contributed by atoms with Crippen molar-refractivity contribution in [1.29, 1.82) is 0 Å². The first-order valence-corrected chi connectivity index (χ1v) is 9.91. The topological polar surface area (TPSA) is 26.3 Å². The van der Waals surface area contributed by atoms with Crippen molar-refractivity contribution < 1.29 is 13.9 Å². The van der Waals surface area contributed by atoms with Gasteiger partial charge < -0.3 is 4.74 Å². The predicted octanol–water partition coefficient (Wildman–Crippen LogP) is 6.51. The van der Waals surface area contributed by atoms with Crippen molar-refractivity contribution in [3.63, 3.8) is 0 Å². The number of hydrogen-bond acceptors (Lipinski definition) is 2. The third-order valence-electron chi connectivity index (χ3n) is 4.79. The summed E-state index contributed by atoms with van der Waals surface area (Å²) in [4.78, 5) is 12.1. The Bertz CT molecular complexity index is 1010. The Labute approximate surface area is 177 Å². The summed E-state index contributed by atoms with van der Waals surface area (Å²) in [6, 6.07) is 21.8. The van der Waals surface area contributed by atoms with Gasteiger partial charge in [-0.2, -0.15) is 0 Å². The minimum Gasteiger partial charge on any atom is -0.376 e. The minimum absolute atomic E-state index is 0.149. The molecule has 3 aromatic rings. The second kappa shape index (κ2) is 10.5. The van der Waals surface area contributed by atoms with E-state index in [0.717, 1.165) is 28.7 Å². The maximum absolute atomic E-state index is 12.9. The van der Waals surface area contributed by atoms with E-state index in [1.807, 2.05) is 31.2 Å². The summed E-state index contributed by atoms with van der Waals surface area (Å²) in [5.74, 6) is -0.500. The highest BCUT2D eigenvalue weighted by molar-refractivity contribution is 6.06. The molecule has 0 aliphatic rings. The maximum atomic E-state index is 12.9. The van der Waals surface area contributed by atoms with Gasteiger partial charge in [-0.1, -0.05) is 66.8 Å². The standard InChI is InChI=1S/C27H25FO2/c1-20(2)24-10-7-23(8-11-24)19-30-18-17-22-5-3-21(4-6-22)9-16-27(29)25-12-14-26(28)15-13-25/h3-16H,1,17-19H2,2H3/b16-9+. The van der Waals surface area contributed by atoms with E-state index in [0.29, 0.717) is 18.8 Å². The fourth-order valence-corrected chi connectivity index (χ4v) is 2.94. The SMILES string of the molecule is C=C(C)c1ccc(COCCc2ccc(/C=C/C(=O)c3ccc(F)cc3)cc2)cc1. The Morgan fingerprint density at radius 1 is 0.900 bits per heavy atom. The summed E-state index contributed by atoms with van der Waals surface area (Å²) in [6.45, 7) is 7.16. The van der Waals surface area contributed by atoms with E-state index in [4.69, 9.17) is 4.74 Å². The van der Waals surface area contributed by atoms with Crippen molar-refractivity contribution in [3.8, 4) is 0 Å². The van der Waals surface area contributed by atoms with Gasteiger partial charge >= 0.3 is 0 Å². The first-order valence-electron chi connectivity index (χ1n) is 9.91. The fourth-order valence-electron chi connectivity index (χ4n) is 2.94. The first-order chi connectivity index (χ1) is 14.5.